The van der Waals surface area contributed by atoms with Gasteiger partial charge >= 0.3 is 0 Å². The molecule has 0 heterocycles. The summed E-state index contributed by atoms with van der Waals surface area (Å²) in [5.41, 5.74) is 5.52. The highest BCUT2D eigenvalue weighted by Gasteiger charge is 2.19. The molecule has 0 radical (unpaired) electrons. The van der Waals surface area contributed by atoms with Crippen molar-refractivity contribution in [1.29, 1.82) is 0 Å². The van der Waals surface area contributed by atoms with Crippen molar-refractivity contribution in [3.05, 3.63) is 0 Å². The zero-order valence-electron chi connectivity index (χ0n) is 12.2. The molecule has 20 heavy (non-hydrogen) atoms. The van der Waals surface area contributed by atoms with Gasteiger partial charge in [-0.3, -0.25) is 19.2 Å². The first-order valence-corrected chi connectivity index (χ1v) is 6.60. The van der Waals surface area contributed by atoms with E-state index in [2.05, 4.69) is 10.6 Å². The molecule has 0 aliphatic heterocycles. The van der Waals surface area contributed by atoms with Crippen LogP contribution in [0.4, 0.5) is 0 Å². The van der Waals surface area contributed by atoms with Crippen LogP contribution >= 0.6 is 0 Å². The topological polar surface area (TPSA) is 118 Å². The van der Waals surface area contributed by atoms with Crippen molar-refractivity contribution < 1.29 is 19.2 Å². The van der Waals surface area contributed by atoms with Crippen molar-refractivity contribution in [3.63, 3.8) is 0 Å². The summed E-state index contributed by atoms with van der Waals surface area (Å²) >= 11 is 0. The van der Waals surface area contributed by atoms with E-state index in [9.17, 15) is 19.2 Å². The summed E-state index contributed by atoms with van der Waals surface area (Å²) in [5, 5.41) is 4.99. The largest absolute Gasteiger partial charge is 0.347 e. The second kappa shape index (κ2) is 9.19. The highest BCUT2D eigenvalue weighted by Crippen LogP contribution is 1.98. The summed E-state index contributed by atoms with van der Waals surface area (Å²) < 4.78 is 0. The molecule has 0 aromatic carbocycles. The number of hydrogen-bond acceptors (Lipinski definition) is 5. The predicted molar refractivity (Wildman–Crippen MR) is 73.8 cm³/mol. The van der Waals surface area contributed by atoms with E-state index >= 15 is 0 Å². The molecule has 0 aromatic rings. The quantitative estimate of drug-likeness (QED) is 0.517. The number of nitrogens with one attached hydrogen (secondary N) is 2. The van der Waals surface area contributed by atoms with Gasteiger partial charge < -0.3 is 16.4 Å². The Morgan fingerprint density at radius 2 is 1.75 bits per heavy atom. The van der Waals surface area contributed by atoms with E-state index < -0.39 is 18.0 Å². The third-order valence-electron chi connectivity index (χ3n) is 2.78. The third-order valence-corrected chi connectivity index (χ3v) is 2.78. The Hall–Kier alpha value is -1.76. The molecule has 0 saturated carbocycles. The summed E-state index contributed by atoms with van der Waals surface area (Å²) in [7, 11) is 0. The number of amides is 2. The number of rotatable bonds is 9. The van der Waals surface area contributed by atoms with Gasteiger partial charge in [-0.25, -0.2) is 0 Å². The smallest absolute Gasteiger partial charge is 0.242 e. The fourth-order valence-electron chi connectivity index (χ4n) is 1.44. The fraction of sp³-hybridized carbons (Fsp3) is 0.692. The molecule has 2 atom stereocenters. The predicted octanol–water partition coefficient (Wildman–Crippen LogP) is -0.717. The van der Waals surface area contributed by atoms with Gasteiger partial charge in [-0.2, -0.15) is 0 Å². The normalized spacial score (nSPS) is 13.2. The number of hydrogen-bond donors (Lipinski definition) is 3. The maximum Gasteiger partial charge on any atom is 0.242 e. The summed E-state index contributed by atoms with van der Waals surface area (Å²) in [6.45, 7) is 4.43. The van der Waals surface area contributed by atoms with Crippen LogP contribution in [0.25, 0.3) is 0 Å². The maximum absolute atomic E-state index is 11.7. The van der Waals surface area contributed by atoms with Crippen LogP contribution in [0.15, 0.2) is 0 Å². The molecule has 0 saturated heterocycles. The number of Topliss-reactive ketones (excluding diaryl/α,β-unsaturated/α-hetero) is 2. The zero-order valence-corrected chi connectivity index (χ0v) is 12.2. The first-order valence-electron chi connectivity index (χ1n) is 6.60. The fourth-order valence-corrected chi connectivity index (χ4v) is 1.44. The number of nitrogens with two attached hydrogens (primary N) is 1. The monoisotopic (exact) mass is 285 g/mol. The minimum absolute atomic E-state index is 0.0551. The molecular weight excluding hydrogens is 262 g/mol. The van der Waals surface area contributed by atoms with Crippen LogP contribution in [0.3, 0.4) is 0 Å². The number of ketones is 2. The van der Waals surface area contributed by atoms with Gasteiger partial charge in [-0.1, -0.05) is 6.92 Å². The molecule has 2 unspecified atom stereocenters. The van der Waals surface area contributed by atoms with Crippen molar-refractivity contribution >= 4 is 23.4 Å². The van der Waals surface area contributed by atoms with Gasteiger partial charge in [0.1, 0.15) is 17.6 Å². The van der Waals surface area contributed by atoms with E-state index in [1.807, 2.05) is 0 Å². The average molecular weight is 285 g/mol. The van der Waals surface area contributed by atoms with Crippen molar-refractivity contribution in [2.24, 2.45) is 5.73 Å². The van der Waals surface area contributed by atoms with E-state index in [0.717, 1.165) is 0 Å². The van der Waals surface area contributed by atoms with Crippen LogP contribution in [0.2, 0.25) is 0 Å². The molecule has 4 N–H and O–H groups in total. The Bertz CT molecular complexity index is 382. The second-order valence-electron chi connectivity index (χ2n) is 4.70. The van der Waals surface area contributed by atoms with Crippen LogP contribution in [-0.2, 0) is 19.2 Å². The van der Waals surface area contributed by atoms with E-state index in [4.69, 9.17) is 5.73 Å². The molecule has 7 nitrogen and oxygen atoms in total. The van der Waals surface area contributed by atoms with Gasteiger partial charge in [-0.05, 0) is 26.7 Å². The molecule has 114 valence electrons. The van der Waals surface area contributed by atoms with Gasteiger partial charge in [0.15, 0.2) is 0 Å². The standard InChI is InChI=1S/C13H23N3O4/c1-4-11(13(20)15-7-8(2)17)16-12(19)6-5-10(14)9(3)18/h10-11H,4-7,14H2,1-3H3,(H,15,20)(H,16,19). The van der Waals surface area contributed by atoms with Crippen molar-refractivity contribution in [2.45, 2.75) is 52.1 Å². The number of carbonyl (C=O) groups excluding carboxylic acids is 4. The van der Waals surface area contributed by atoms with Crippen LogP contribution in [0.1, 0.15) is 40.0 Å². The molecule has 0 bridgehead atoms. The van der Waals surface area contributed by atoms with E-state index in [0.29, 0.717) is 6.42 Å². The van der Waals surface area contributed by atoms with Crippen molar-refractivity contribution in [3.8, 4) is 0 Å². The van der Waals surface area contributed by atoms with Crippen molar-refractivity contribution in [2.75, 3.05) is 6.54 Å². The first kappa shape index (κ1) is 18.2. The van der Waals surface area contributed by atoms with Crippen LogP contribution < -0.4 is 16.4 Å². The average Bonchev–Trinajstić information content (AvgIpc) is 2.38. The highest BCUT2D eigenvalue weighted by molar-refractivity contribution is 5.90. The molecule has 0 spiro atoms. The van der Waals surface area contributed by atoms with E-state index in [1.54, 1.807) is 6.92 Å². The maximum atomic E-state index is 11.7. The highest BCUT2D eigenvalue weighted by atomic mass is 16.2. The Labute approximate surface area is 118 Å². The van der Waals surface area contributed by atoms with Gasteiger partial charge in [0.05, 0.1) is 12.6 Å². The minimum Gasteiger partial charge on any atom is -0.347 e. The zero-order chi connectivity index (χ0) is 15.7. The molecule has 0 aliphatic carbocycles. The lowest BCUT2D eigenvalue weighted by atomic mass is 10.1. The summed E-state index contributed by atoms with van der Waals surface area (Å²) in [6.07, 6.45) is 0.734. The van der Waals surface area contributed by atoms with Gasteiger partial charge in [0, 0.05) is 6.42 Å². The van der Waals surface area contributed by atoms with Gasteiger partial charge in [0.2, 0.25) is 11.8 Å². The van der Waals surface area contributed by atoms with E-state index in [1.165, 1.54) is 13.8 Å². The van der Waals surface area contributed by atoms with Crippen LogP contribution in [-0.4, -0.2) is 42.0 Å². The Balaban J connectivity index is 4.21. The number of carbonyl (C=O) groups is 4. The Morgan fingerprint density at radius 3 is 2.20 bits per heavy atom. The van der Waals surface area contributed by atoms with Gasteiger partial charge in [-0.15, -0.1) is 0 Å². The molecule has 0 rings (SSSR count). The lowest BCUT2D eigenvalue weighted by molar-refractivity contribution is -0.130. The Kier molecular flexibility index (Phi) is 8.38. The second-order valence-corrected chi connectivity index (χ2v) is 4.70. The Morgan fingerprint density at radius 1 is 1.15 bits per heavy atom. The molecule has 0 aliphatic rings. The van der Waals surface area contributed by atoms with E-state index in [-0.39, 0.29) is 36.9 Å². The van der Waals surface area contributed by atoms with Crippen molar-refractivity contribution in [1.82, 2.24) is 10.6 Å². The molecule has 0 fully saturated rings. The molecule has 0 aromatic heterocycles. The van der Waals surface area contributed by atoms with Crippen LogP contribution in [0.5, 0.6) is 0 Å². The third kappa shape index (κ3) is 7.63. The molecular formula is C13H23N3O4. The van der Waals surface area contributed by atoms with Crippen LogP contribution in [0, 0.1) is 0 Å². The minimum atomic E-state index is -0.685. The lowest BCUT2D eigenvalue weighted by Gasteiger charge is -2.16. The van der Waals surface area contributed by atoms with Gasteiger partial charge in [0.25, 0.3) is 0 Å². The molecule has 2 amide bonds. The summed E-state index contributed by atoms with van der Waals surface area (Å²) in [5.74, 6) is -1.07. The lowest BCUT2D eigenvalue weighted by Crippen LogP contribution is -2.47. The SMILES string of the molecule is CCC(NC(=O)CCC(N)C(C)=O)C(=O)NCC(C)=O. The molecule has 7 heteroatoms. The summed E-state index contributed by atoms with van der Waals surface area (Å²) in [4.78, 5) is 45.1. The first-order chi connectivity index (χ1) is 9.27. The summed E-state index contributed by atoms with van der Waals surface area (Å²) in [6, 6.07) is -1.34.